The van der Waals surface area contributed by atoms with Gasteiger partial charge in [-0.25, -0.2) is 0 Å². The van der Waals surface area contributed by atoms with Gasteiger partial charge in [-0.2, -0.15) is 0 Å². The van der Waals surface area contributed by atoms with Gasteiger partial charge in [-0.1, -0.05) is 46.6 Å². The van der Waals surface area contributed by atoms with Crippen LogP contribution in [-0.4, -0.2) is 5.91 Å². The van der Waals surface area contributed by atoms with Gasteiger partial charge in [-0.05, 0) is 23.3 Å². The van der Waals surface area contributed by atoms with E-state index in [9.17, 15) is 4.79 Å². The number of nitrogens with one attached hydrogen (secondary N) is 1. The van der Waals surface area contributed by atoms with E-state index in [2.05, 4.69) is 44.5 Å². The van der Waals surface area contributed by atoms with Crippen LogP contribution in [0.1, 0.15) is 57.9 Å². The second kappa shape index (κ2) is 7.57. The van der Waals surface area contributed by atoms with Crippen molar-refractivity contribution in [2.24, 2.45) is 11.8 Å². The van der Waals surface area contributed by atoms with Gasteiger partial charge in [0, 0.05) is 11.3 Å². The van der Waals surface area contributed by atoms with Gasteiger partial charge in [0.1, 0.15) is 0 Å². The molecule has 1 aromatic heterocycles. The Morgan fingerprint density at radius 2 is 2.11 bits per heavy atom. The number of hydrogen-bond donors (Lipinski definition) is 1. The van der Waals surface area contributed by atoms with Crippen molar-refractivity contribution in [2.45, 2.75) is 53.0 Å². The average Bonchev–Trinajstić information content (AvgIpc) is 2.78. The zero-order valence-corrected chi connectivity index (χ0v) is 12.7. The minimum absolute atomic E-state index is 0.159. The molecule has 2 nitrogen and oxygen atoms in total. The van der Waals surface area contributed by atoms with E-state index < -0.39 is 0 Å². The molecule has 1 aromatic rings. The fourth-order valence-corrected chi connectivity index (χ4v) is 3.13. The van der Waals surface area contributed by atoms with Gasteiger partial charge in [-0.15, -0.1) is 11.3 Å². The van der Waals surface area contributed by atoms with Gasteiger partial charge >= 0.3 is 0 Å². The summed E-state index contributed by atoms with van der Waals surface area (Å²) in [5.41, 5.74) is 0. The summed E-state index contributed by atoms with van der Waals surface area (Å²) < 4.78 is 0. The van der Waals surface area contributed by atoms with Gasteiger partial charge < -0.3 is 5.32 Å². The molecule has 2 atom stereocenters. The van der Waals surface area contributed by atoms with Gasteiger partial charge in [0.2, 0.25) is 5.91 Å². The highest BCUT2D eigenvalue weighted by Crippen LogP contribution is 2.26. The lowest BCUT2D eigenvalue weighted by atomic mass is 9.99. The van der Waals surface area contributed by atoms with E-state index in [0.29, 0.717) is 18.3 Å². The zero-order valence-electron chi connectivity index (χ0n) is 11.9. The summed E-state index contributed by atoms with van der Waals surface area (Å²) in [6, 6.07) is 4.30. The molecular formula is C15H25NOS. The average molecular weight is 267 g/mol. The van der Waals surface area contributed by atoms with Crippen LogP contribution in [0.25, 0.3) is 0 Å². The van der Waals surface area contributed by atoms with E-state index >= 15 is 0 Å². The van der Waals surface area contributed by atoms with Crippen LogP contribution in [0.15, 0.2) is 17.5 Å². The molecule has 0 aliphatic heterocycles. The maximum Gasteiger partial charge on any atom is 0.220 e. The van der Waals surface area contributed by atoms with Gasteiger partial charge in [0.05, 0.1) is 6.04 Å². The topological polar surface area (TPSA) is 29.1 Å². The number of amides is 1. The van der Waals surface area contributed by atoms with Crippen molar-refractivity contribution in [3.8, 4) is 0 Å². The van der Waals surface area contributed by atoms with E-state index in [-0.39, 0.29) is 11.9 Å². The summed E-state index contributed by atoms with van der Waals surface area (Å²) in [6.07, 6.45) is 2.91. The van der Waals surface area contributed by atoms with E-state index in [1.165, 1.54) is 4.88 Å². The minimum atomic E-state index is 0.159. The standard InChI is InChI=1S/C15H25NOS/c1-5-7-12(4)10-14(17)16-15(11(2)3)13-8-6-9-18-13/h6,8-9,11-12,15H,5,7,10H2,1-4H3,(H,16,17). The second-order valence-corrected chi connectivity index (χ2v) is 6.38. The van der Waals surface area contributed by atoms with Crippen molar-refractivity contribution < 1.29 is 4.79 Å². The summed E-state index contributed by atoms with van der Waals surface area (Å²) >= 11 is 1.72. The van der Waals surface area contributed by atoms with Gasteiger partial charge in [-0.3, -0.25) is 4.79 Å². The van der Waals surface area contributed by atoms with Crippen molar-refractivity contribution in [1.29, 1.82) is 0 Å². The van der Waals surface area contributed by atoms with Crippen LogP contribution >= 0.6 is 11.3 Å². The maximum absolute atomic E-state index is 12.0. The summed E-state index contributed by atoms with van der Waals surface area (Å²) in [5, 5.41) is 5.25. The second-order valence-electron chi connectivity index (χ2n) is 5.40. The summed E-state index contributed by atoms with van der Waals surface area (Å²) in [6.45, 7) is 8.62. The van der Waals surface area contributed by atoms with Crippen LogP contribution in [0.4, 0.5) is 0 Å². The summed E-state index contributed by atoms with van der Waals surface area (Å²) in [7, 11) is 0. The fraction of sp³-hybridized carbons (Fsp3) is 0.667. The molecule has 1 amide bonds. The highest BCUT2D eigenvalue weighted by atomic mass is 32.1. The first-order valence-corrected chi connectivity index (χ1v) is 7.75. The van der Waals surface area contributed by atoms with Crippen LogP contribution in [0.5, 0.6) is 0 Å². The van der Waals surface area contributed by atoms with Crippen LogP contribution in [-0.2, 0) is 4.79 Å². The lowest BCUT2D eigenvalue weighted by Crippen LogP contribution is -2.32. The van der Waals surface area contributed by atoms with E-state index in [1.54, 1.807) is 11.3 Å². The van der Waals surface area contributed by atoms with Crippen LogP contribution in [0.3, 0.4) is 0 Å². The van der Waals surface area contributed by atoms with Crippen molar-refractivity contribution in [1.82, 2.24) is 5.32 Å². The summed E-state index contributed by atoms with van der Waals surface area (Å²) in [5.74, 6) is 1.09. The Bertz CT molecular complexity index is 345. The fourth-order valence-electron chi connectivity index (χ4n) is 2.18. The number of carbonyl (C=O) groups excluding carboxylic acids is 1. The maximum atomic E-state index is 12.0. The third-order valence-corrected chi connectivity index (χ3v) is 4.10. The molecule has 0 aliphatic rings. The molecule has 0 bridgehead atoms. The Morgan fingerprint density at radius 3 is 2.61 bits per heavy atom. The molecule has 102 valence electrons. The van der Waals surface area contributed by atoms with Crippen LogP contribution in [0, 0.1) is 11.8 Å². The molecular weight excluding hydrogens is 242 g/mol. The molecule has 1 rings (SSSR count). The Kier molecular flexibility index (Phi) is 6.41. The first-order valence-electron chi connectivity index (χ1n) is 6.87. The van der Waals surface area contributed by atoms with Crippen LogP contribution in [0.2, 0.25) is 0 Å². The first kappa shape index (κ1) is 15.2. The Morgan fingerprint density at radius 1 is 1.39 bits per heavy atom. The molecule has 0 aromatic carbocycles. The number of rotatable bonds is 7. The van der Waals surface area contributed by atoms with Gasteiger partial charge in [0.25, 0.3) is 0 Å². The van der Waals surface area contributed by atoms with Gasteiger partial charge in [0.15, 0.2) is 0 Å². The lowest BCUT2D eigenvalue weighted by molar-refractivity contribution is -0.123. The zero-order chi connectivity index (χ0) is 13.5. The molecule has 0 saturated heterocycles. The minimum Gasteiger partial charge on any atom is -0.348 e. The highest BCUT2D eigenvalue weighted by molar-refractivity contribution is 7.10. The van der Waals surface area contributed by atoms with Crippen molar-refractivity contribution in [2.75, 3.05) is 0 Å². The molecule has 0 saturated carbocycles. The van der Waals surface area contributed by atoms with E-state index in [4.69, 9.17) is 0 Å². The monoisotopic (exact) mass is 267 g/mol. The number of hydrogen-bond acceptors (Lipinski definition) is 2. The predicted octanol–water partition coefficient (Wildman–Crippen LogP) is 4.39. The number of carbonyl (C=O) groups is 1. The Labute approximate surface area is 115 Å². The third-order valence-electron chi connectivity index (χ3n) is 3.15. The highest BCUT2D eigenvalue weighted by Gasteiger charge is 2.19. The molecule has 0 radical (unpaired) electrons. The summed E-state index contributed by atoms with van der Waals surface area (Å²) in [4.78, 5) is 13.3. The van der Waals surface area contributed by atoms with Crippen molar-refractivity contribution >= 4 is 17.2 Å². The Balaban J connectivity index is 2.54. The smallest absolute Gasteiger partial charge is 0.220 e. The third kappa shape index (κ3) is 4.81. The first-order chi connectivity index (χ1) is 8.54. The van der Waals surface area contributed by atoms with E-state index in [1.807, 2.05) is 6.07 Å². The molecule has 0 fully saturated rings. The van der Waals surface area contributed by atoms with Crippen molar-refractivity contribution in [3.05, 3.63) is 22.4 Å². The molecule has 3 heteroatoms. The molecule has 18 heavy (non-hydrogen) atoms. The predicted molar refractivity (Wildman–Crippen MR) is 78.7 cm³/mol. The number of thiophene rings is 1. The quantitative estimate of drug-likeness (QED) is 0.780. The molecule has 2 unspecified atom stereocenters. The molecule has 0 spiro atoms. The van der Waals surface area contributed by atoms with Crippen LogP contribution < -0.4 is 5.32 Å². The molecule has 1 heterocycles. The lowest BCUT2D eigenvalue weighted by Gasteiger charge is -2.22. The SMILES string of the molecule is CCCC(C)CC(=O)NC(c1cccs1)C(C)C. The Hall–Kier alpha value is -0.830. The van der Waals surface area contributed by atoms with E-state index in [0.717, 1.165) is 12.8 Å². The molecule has 1 N–H and O–H groups in total. The normalized spacial score (nSPS) is 14.5. The molecule has 0 aliphatic carbocycles. The largest absolute Gasteiger partial charge is 0.348 e. The van der Waals surface area contributed by atoms with Crippen molar-refractivity contribution in [3.63, 3.8) is 0 Å².